The van der Waals surface area contributed by atoms with Gasteiger partial charge in [0, 0.05) is 12.6 Å². The second-order valence-electron chi connectivity index (χ2n) is 5.64. The molecule has 0 fully saturated rings. The van der Waals surface area contributed by atoms with E-state index < -0.39 is 0 Å². The van der Waals surface area contributed by atoms with E-state index >= 15 is 0 Å². The molecule has 0 saturated heterocycles. The largest absolute Gasteiger partial charge is 0.462 e. The number of hydrogen-bond acceptors (Lipinski definition) is 5. The highest BCUT2D eigenvalue weighted by Gasteiger charge is 2.30. The molecule has 0 spiro atoms. The molecular weight excluding hydrogens is 328 g/mol. The van der Waals surface area contributed by atoms with E-state index in [2.05, 4.69) is 12.0 Å². The third-order valence-electron chi connectivity index (χ3n) is 4.06. The molecule has 0 saturated carbocycles. The van der Waals surface area contributed by atoms with E-state index in [0.717, 1.165) is 29.0 Å². The molecule has 0 N–H and O–H groups in total. The number of ether oxygens (including phenoxy) is 1. The summed E-state index contributed by atoms with van der Waals surface area (Å²) in [5.74, 6) is 0.903. The summed E-state index contributed by atoms with van der Waals surface area (Å²) in [6, 6.07) is 0. The SMILES string of the molecule is CCCCSc1sc(C(=O)OCC)c2c1-c1c(cnn1C)CC2. The predicted octanol–water partition coefficient (Wildman–Crippen LogP) is 4.32. The maximum Gasteiger partial charge on any atom is 0.348 e. The van der Waals surface area contributed by atoms with E-state index in [-0.39, 0.29) is 5.97 Å². The molecule has 6 heteroatoms. The van der Waals surface area contributed by atoms with Gasteiger partial charge in [0.15, 0.2) is 0 Å². The minimum atomic E-state index is -0.179. The Morgan fingerprint density at radius 1 is 1.43 bits per heavy atom. The molecule has 0 aromatic carbocycles. The molecular formula is C17H22N2O2S2. The van der Waals surface area contributed by atoms with Crippen molar-refractivity contribution >= 4 is 29.1 Å². The van der Waals surface area contributed by atoms with Gasteiger partial charge in [-0.25, -0.2) is 4.79 Å². The molecule has 0 radical (unpaired) electrons. The zero-order valence-corrected chi connectivity index (χ0v) is 15.5. The van der Waals surface area contributed by atoms with Crippen molar-refractivity contribution in [3.05, 3.63) is 22.2 Å². The van der Waals surface area contributed by atoms with E-state index in [1.165, 1.54) is 33.9 Å². The fourth-order valence-corrected chi connectivity index (χ4v) is 5.64. The summed E-state index contributed by atoms with van der Waals surface area (Å²) in [6.07, 6.45) is 6.17. The van der Waals surface area contributed by atoms with Gasteiger partial charge in [0.25, 0.3) is 0 Å². The van der Waals surface area contributed by atoms with Gasteiger partial charge in [0.2, 0.25) is 0 Å². The van der Waals surface area contributed by atoms with Gasteiger partial charge in [-0.2, -0.15) is 5.10 Å². The van der Waals surface area contributed by atoms with Crippen LogP contribution in [0.2, 0.25) is 0 Å². The Bertz CT molecular complexity index is 718. The molecule has 0 unspecified atom stereocenters. The van der Waals surface area contributed by atoms with Crippen LogP contribution in [0.5, 0.6) is 0 Å². The van der Waals surface area contributed by atoms with Crippen LogP contribution in [0.4, 0.5) is 0 Å². The van der Waals surface area contributed by atoms with E-state index in [9.17, 15) is 4.79 Å². The van der Waals surface area contributed by atoms with Crippen molar-refractivity contribution in [2.45, 2.75) is 43.7 Å². The smallest absolute Gasteiger partial charge is 0.348 e. The monoisotopic (exact) mass is 350 g/mol. The Hall–Kier alpha value is -1.27. The average Bonchev–Trinajstić information content (AvgIpc) is 3.09. The number of thioether (sulfide) groups is 1. The normalized spacial score (nSPS) is 12.8. The molecule has 23 heavy (non-hydrogen) atoms. The number of esters is 1. The summed E-state index contributed by atoms with van der Waals surface area (Å²) in [7, 11) is 1.98. The van der Waals surface area contributed by atoms with Crippen LogP contribution in [0.3, 0.4) is 0 Å². The number of thiophene rings is 1. The molecule has 2 aromatic rings. The standard InChI is InChI=1S/C17H22N2O2S2/c1-4-6-9-22-17-13-12(15(23-17)16(20)21-5-2)8-7-11-10-18-19(3)14(11)13/h10H,4-9H2,1-3H3. The van der Waals surface area contributed by atoms with Crippen molar-refractivity contribution in [3.8, 4) is 11.3 Å². The molecule has 0 atom stereocenters. The molecule has 2 aromatic heterocycles. The quantitative estimate of drug-likeness (QED) is 0.442. The van der Waals surface area contributed by atoms with Gasteiger partial charge in [0.1, 0.15) is 4.88 Å². The van der Waals surface area contributed by atoms with Crippen LogP contribution in [0, 0.1) is 0 Å². The molecule has 1 aliphatic carbocycles. The average molecular weight is 351 g/mol. The van der Waals surface area contributed by atoms with Crippen molar-refractivity contribution in [1.29, 1.82) is 0 Å². The molecule has 4 nitrogen and oxygen atoms in total. The van der Waals surface area contributed by atoms with Crippen LogP contribution in [0.1, 0.15) is 47.5 Å². The highest BCUT2D eigenvalue weighted by molar-refractivity contribution is 8.01. The third kappa shape index (κ3) is 3.06. The lowest BCUT2D eigenvalue weighted by Crippen LogP contribution is -2.10. The number of rotatable bonds is 6. The second-order valence-corrected chi connectivity index (χ2v) is 8.02. The maximum absolute atomic E-state index is 12.4. The van der Waals surface area contributed by atoms with Crippen molar-refractivity contribution < 1.29 is 9.53 Å². The first-order valence-electron chi connectivity index (χ1n) is 8.14. The van der Waals surface area contributed by atoms with Gasteiger partial charge in [-0.3, -0.25) is 4.68 Å². The number of aryl methyl sites for hydroxylation is 2. The van der Waals surface area contributed by atoms with E-state index in [1.807, 2.05) is 36.6 Å². The van der Waals surface area contributed by atoms with Crippen LogP contribution < -0.4 is 0 Å². The summed E-state index contributed by atoms with van der Waals surface area (Å²) in [5, 5.41) is 4.42. The number of carbonyl (C=O) groups excluding carboxylic acids is 1. The van der Waals surface area contributed by atoms with Crippen LogP contribution >= 0.6 is 23.1 Å². The second kappa shape index (κ2) is 7.09. The molecule has 0 bridgehead atoms. The third-order valence-corrected chi connectivity index (χ3v) is 6.63. The van der Waals surface area contributed by atoms with Gasteiger partial charge in [0.05, 0.1) is 22.7 Å². The number of nitrogens with zero attached hydrogens (tertiary/aromatic N) is 2. The van der Waals surface area contributed by atoms with Crippen LogP contribution in [0.15, 0.2) is 10.4 Å². The molecule has 1 aliphatic rings. The summed E-state index contributed by atoms with van der Waals surface area (Å²) < 4.78 is 8.45. The number of fused-ring (bicyclic) bond motifs is 3. The minimum Gasteiger partial charge on any atom is -0.462 e. The first-order chi connectivity index (χ1) is 11.2. The Morgan fingerprint density at radius 2 is 2.26 bits per heavy atom. The Balaban J connectivity index is 2.06. The molecule has 0 aliphatic heterocycles. The molecule has 124 valence electrons. The Morgan fingerprint density at radius 3 is 3.00 bits per heavy atom. The number of carbonyl (C=O) groups is 1. The zero-order chi connectivity index (χ0) is 16.4. The molecule has 2 heterocycles. The van der Waals surface area contributed by atoms with Crippen LogP contribution in [0.25, 0.3) is 11.3 Å². The van der Waals surface area contributed by atoms with Crippen molar-refractivity contribution in [2.75, 3.05) is 12.4 Å². The van der Waals surface area contributed by atoms with Gasteiger partial charge >= 0.3 is 5.97 Å². The van der Waals surface area contributed by atoms with E-state index in [4.69, 9.17) is 4.74 Å². The molecule has 0 amide bonds. The molecule has 3 rings (SSSR count). The Labute approximate surface area is 145 Å². The van der Waals surface area contributed by atoms with Gasteiger partial charge < -0.3 is 4.74 Å². The number of unbranched alkanes of at least 4 members (excludes halogenated alkanes) is 1. The first-order valence-corrected chi connectivity index (χ1v) is 9.94. The van der Waals surface area contributed by atoms with Gasteiger partial charge in [-0.1, -0.05) is 13.3 Å². The summed E-state index contributed by atoms with van der Waals surface area (Å²) in [6.45, 7) is 4.47. The fourth-order valence-electron chi connectivity index (χ4n) is 2.94. The lowest BCUT2D eigenvalue weighted by molar-refractivity contribution is 0.0531. The topological polar surface area (TPSA) is 44.1 Å². The fraction of sp³-hybridized carbons (Fsp3) is 0.529. The van der Waals surface area contributed by atoms with Crippen molar-refractivity contribution in [2.24, 2.45) is 7.05 Å². The van der Waals surface area contributed by atoms with E-state index in [0.29, 0.717) is 6.61 Å². The summed E-state index contributed by atoms with van der Waals surface area (Å²) in [4.78, 5) is 13.1. The predicted molar refractivity (Wildman–Crippen MR) is 95.5 cm³/mol. The van der Waals surface area contributed by atoms with Crippen molar-refractivity contribution in [3.63, 3.8) is 0 Å². The first kappa shape index (κ1) is 16.6. The van der Waals surface area contributed by atoms with Crippen LogP contribution in [-0.2, 0) is 24.6 Å². The van der Waals surface area contributed by atoms with Crippen LogP contribution in [-0.4, -0.2) is 28.1 Å². The maximum atomic E-state index is 12.4. The highest BCUT2D eigenvalue weighted by atomic mass is 32.2. The van der Waals surface area contributed by atoms with E-state index in [1.54, 1.807) is 11.3 Å². The summed E-state index contributed by atoms with van der Waals surface area (Å²) in [5.41, 5.74) is 4.84. The van der Waals surface area contributed by atoms with Gasteiger partial charge in [-0.05, 0) is 43.1 Å². The van der Waals surface area contributed by atoms with Gasteiger partial charge in [-0.15, -0.1) is 23.1 Å². The lowest BCUT2D eigenvalue weighted by atomic mass is 9.92. The number of aromatic nitrogens is 2. The highest BCUT2D eigenvalue weighted by Crippen LogP contribution is 2.47. The lowest BCUT2D eigenvalue weighted by Gasteiger charge is -2.16. The summed E-state index contributed by atoms with van der Waals surface area (Å²) >= 11 is 3.46. The minimum absolute atomic E-state index is 0.179. The Kier molecular flexibility index (Phi) is 5.11. The number of hydrogen-bond donors (Lipinski definition) is 0. The van der Waals surface area contributed by atoms with Crippen molar-refractivity contribution in [1.82, 2.24) is 9.78 Å². The zero-order valence-electron chi connectivity index (χ0n) is 13.8.